The third-order valence-corrected chi connectivity index (χ3v) is 2.99. The average molecular weight is 264 g/mol. The maximum absolute atomic E-state index is 11.0. The Kier molecular flexibility index (Phi) is 3.33. The molecule has 0 aliphatic rings. The van der Waals surface area contributed by atoms with Crippen LogP contribution >= 0.6 is 11.5 Å². The van der Waals surface area contributed by atoms with Gasteiger partial charge in [-0.1, -0.05) is 6.07 Å². The maximum Gasteiger partial charge on any atom is 0.278 e. The molecule has 2 aromatic rings. The number of nitro groups is 1. The first-order valence-corrected chi connectivity index (χ1v) is 5.73. The summed E-state index contributed by atoms with van der Waals surface area (Å²) in [5.41, 5.74) is 1.05. The molecule has 1 aromatic carbocycles. The van der Waals surface area contributed by atoms with Crippen LogP contribution < -0.4 is 4.74 Å². The van der Waals surface area contributed by atoms with Crippen LogP contribution in [0.3, 0.4) is 0 Å². The van der Waals surface area contributed by atoms with Gasteiger partial charge in [0.25, 0.3) is 5.69 Å². The van der Waals surface area contributed by atoms with Gasteiger partial charge in [0.15, 0.2) is 0 Å². The lowest BCUT2D eigenvalue weighted by molar-refractivity contribution is -0.384. The molecule has 0 aliphatic carbocycles. The molecule has 0 N–H and O–H groups in total. The quantitative estimate of drug-likeness (QED) is 0.481. The van der Waals surface area contributed by atoms with E-state index in [2.05, 4.69) is 4.37 Å². The predicted octanol–water partition coefficient (Wildman–Crippen LogP) is 2.54. The van der Waals surface area contributed by atoms with E-state index < -0.39 is 4.92 Å². The number of methoxy groups -OCH3 is 1. The smallest absolute Gasteiger partial charge is 0.278 e. The number of nitrogens with zero attached hydrogens (tertiary/aromatic N) is 2. The SMILES string of the molecule is COc1nscc1-c1ccc(C=O)cc1[N+](=O)[O-]. The van der Waals surface area contributed by atoms with Crippen LogP contribution in [0.15, 0.2) is 23.6 Å². The van der Waals surface area contributed by atoms with Gasteiger partial charge in [-0.2, -0.15) is 4.37 Å². The maximum atomic E-state index is 11.0. The molecule has 6 nitrogen and oxygen atoms in total. The van der Waals surface area contributed by atoms with Crippen molar-refractivity contribution >= 4 is 23.5 Å². The molecule has 0 atom stereocenters. The van der Waals surface area contributed by atoms with Gasteiger partial charge in [-0.3, -0.25) is 14.9 Å². The highest BCUT2D eigenvalue weighted by Gasteiger charge is 2.20. The molecule has 1 aromatic heterocycles. The number of aldehydes is 1. The highest BCUT2D eigenvalue weighted by molar-refractivity contribution is 7.04. The van der Waals surface area contributed by atoms with Crippen LogP contribution in [-0.4, -0.2) is 22.7 Å². The molecule has 0 saturated heterocycles. The van der Waals surface area contributed by atoms with E-state index in [4.69, 9.17) is 4.74 Å². The summed E-state index contributed by atoms with van der Waals surface area (Å²) in [4.78, 5) is 21.1. The third-order valence-electron chi connectivity index (χ3n) is 2.37. The zero-order valence-electron chi connectivity index (χ0n) is 9.32. The molecular weight excluding hydrogens is 256 g/mol. The Labute approximate surface area is 106 Å². The largest absolute Gasteiger partial charge is 0.480 e. The van der Waals surface area contributed by atoms with Crippen molar-refractivity contribution in [2.45, 2.75) is 0 Å². The van der Waals surface area contributed by atoms with Crippen molar-refractivity contribution in [3.63, 3.8) is 0 Å². The normalized spacial score (nSPS) is 10.1. The summed E-state index contributed by atoms with van der Waals surface area (Å²) in [5, 5.41) is 12.7. The second kappa shape index (κ2) is 4.92. The van der Waals surface area contributed by atoms with E-state index in [0.29, 0.717) is 23.3 Å². The van der Waals surface area contributed by atoms with Gasteiger partial charge in [0, 0.05) is 17.0 Å². The van der Waals surface area contributed by atoms with Gasteiger partial charge < -0.3 is 4.74 Å². The molecule has 18 heavy (non-hydrogen) atoms. The number of carbonyl (C=O) groups is 1. The molecule has 0 amide bonds. The Morgan fingerprint density at radius 2 is 2.22 bits per heavy atom. The summed E-state index contributed by atoms with van der Waals surface area (Å²) >= 11 is 1.15. The molecular formula is C11H8N2O4S. The molecule has 0 bridgehead atoms. The number of hydrogen-bond donors (Lipinski definition) is 0. The topological polar surface area (TPSA) is 82.3 Å². The number of rotatable bonds is 4. The van der Waals surface area contributed by atoms with E-state index in [-0.39, 0.29) is 11.3 Å². The highest BCUT2D eigenvalue weighted by Crippen LogP contribution is 2.36. The zero-order chi connectivity index (χ0) is 13.1. The van der Waals surface area contributed by atoms with Crippen LogP contribution in [0.4, 0.5) is 5.69 Å². The second-order valence-electron chi connectivity index (χ2n) is 3.39. The number of nitro benzene ring substituents is 1. The molecule has 2 rings (SSSR count). The number of hydrogen-bond acceptors (Lipinski definition) is 6. The first-order chi connectivity index (χ1) is 8.67. The Morgan fingerprint density at radius 3 is 2.83 bits per heavy atom. The Bertz CT molecular complexity index is 609. The van der Waals surface area contributed by atoms with E-state index in [9.17, 15) is 14.9 Å². The number of carbonyl (C=O) groups excluding carboxylic acids is 1. The van der Waals surface area contributed by atoms with Gasteiger partial charge in [0.05, 0.1) is 23.2 Å². The lowest BCUT2D eigenvalue weighted by Crippen LogP contribution is -1.94. The standard InChI is InChI=1S/C11H8N2O4S/c1-17-11-9(6-18-12-11)8-3-2-7(5-14)4-10(8)13(15)16/h2-6H,1H3. The Hall–Kier alpha value is -2.28. The first-order valence-electron chi connectivity index (χ1n) is 4.89. The average Bonchev–Trinajstić information content (AvgIpc) is 2.86. The fourth-order valence-corrected chi connectivity index (χ4v) is 2.21. The van der Waals surface area contributed by atoms with E-state index in [1.54, 1.807) is 5.38 Å². The van der Waals surface area contributed by atoms with E-state index in [1.165, 1.54) is 25.3 Å². The summed E-state index contributed by atoms with van der Waals surface area (Å²) in [6.07, 6.45) is 0.569. The van der Waals surface area contributed by atoms with Crippen LogP contribution in [0.2, 0.25) is 0 Å². The van der Waals surface area contributed by atoms with Gasteiger partial charge in [-0.15, -0.1) is 0 Å². The summed E-state index contributed by atoms with van der Waals surface area (Å²) in [6, 6.07) is 4.28. The van der Waals surface area contributed by atoms with Crippen LogP contribution in [0.5, 0.6) is 5.88 Å². The number of ether oxygens (including phenoxy) is 1. The Balaban J connectivity index is 2.63. The van der Waals surface area contributed by atoms with Crippen molar-refractivity contribution in [1.29, 1.82) is 0 Å². The molecule has 0 spiro atoms. The molecule has 92 valence electrons. The minimum Gasteiger partial charge on any atom is -0.480 e. The molecule has 0 unspecified atom stereocenters. The predicted molar refractivity (Wildman–Crippen MR) is 66.1 cm³/mol. The lowest BCUT2D eigenvalue weighted by atomic mass is 10.0. The minimum atomic E-state index is -0.528. The van der Waals surface area contributed by atoms with Crippen LogP contribution in [-0.2, 0) is 0 Å². The van der Waals surface area contributed by atoms with E-state index in [0.717, 1.165) is 11.5 Å². The van der Waals surface area contributed by atoms with Gasteiger partial charge in [0.2, 0.25) is 5.88 Å². The highest BCUT2D eigenvalue weighted by atomic mass is 32.1. The van der Waals surface area contributed by atoms with Crippen molar-refractivity contribution in [1.82, 2.24) is 4.37 Å². The number of aromatic nitrogens is 1. The minimum absolute atomic E-state index is 0.141. The summed E-state index contributed by atoms with van der Waals surface area (Å²) < 4.78 is 9.02. The zero-order valence-corrected chi connectivity index (χ0v) is 10.1. The van der Waals surface area contributed by atoms with Crippen molar-refractivity contribution in [3.05, 3.63) is 39.3 Å². The molecule has 0 radical (unpaired) electrons. The van der Waals surface area contributed by atoms with Crippen LogP contribution in [0, 0.1) is 10.1 Å². The van der Waals surface area contributed by atoms with Crippen molar-refractivity contribution in [2.24, 2.45) is 0 Å². The third kappa shape index (κ3) is 2.07. The molecule has 7 heteroatoms. The van der Waals surface area contributed by atoms with Gasteiger partial charge >= 0.3 is 0 Å². The van der Waals surface area contributed by atoms with E-state index in [1.807, 2.05) is 0 Å². The fourth-order valence-electron chi connectivity index (χ4n) is 1.55. The summed E-state index contributed by atoms with van der Waals surface area (Å²) in [6.45, 7) is 0. The molecule has 0 fully saturated rings. The van der Waals surface area contributed by atoms with Gasteiger partial charge in [-0.25, -0.2) is 0 Å². The molecule has 0 aliphatic heterocycles. The Morgan fingerprint density at radius 1 is 1.44 bits per heavy atom. The molecule has 0 saturated carbocycles. The van der Waals surface area contributed by atoms with Crippen molar-refractivity contribution in [2.75, 3.05) is 7.11 Å². The van der Waals surface area contributed by atoms with E-state index >= 15 is 0 Å². The number of benzene rings is 1. The van der Waals surface area contributed by atoms with Gasteiger partial charge in [-0.05, 0) is 17.6 Å². The first kappa shape index (κ1) is 12.2. The summed E-state index contributed by atoms with van der Waals surface area (Å²) in [7, 11) is 1.45. The van der Waals surface area contributed by atoms with Crippen molar-refractivity contribution < 1.29 is 14.5 Å². The van der Waals surface area contributed by atoms with Gasteiger partial charge in [0.1, 0.15) is 6.29 Å². The van der Waals surface area contributed by atoms with Crippen LogP contribution in [0.1, 0.15) is 10.4 Å². The lowest BCUT2D eigenvalue weighted by Gasteiger charge is -2.03. The second-order valence-corrected chi connectivity index (χ2v) is 4.02. The van der Waals surface area contributed by atoms with Crippen molar-refractivity contribution in [3.8, 4) is 17.0 Å². The fraction of sp³-hybridized carbons (Fsp3) is 0.0909. The van der Waals surface area contributed by atoms with Crippen LogP contribution in [0.25, 0.3) is 11.1 Å². The monoisotopic (exact) mass is 264 g/mol. The summed E-state index contributed by atoms with van der Waals surface area (Å²) in [5.74, 6) is 0.335. The molecule has 1 heterocycles.